The zero-order chi connectivity index (χ0) is 10.1. The van der Waals surface area contributed by atoms with Gasteiger partial charge in [-0.2, -0.15) is 0 Å². The smallest absolute Gasteiger partial charge is 0.113 e. The molecule has 1 aliphatic heterocycles. The van der Waals surface area contributed by atoms with Crippen molar-refractivity contribution in [3.8, 4) is 11.1 Å². The van der Waals surface area contributed by atoms with E-state index in [-0.39, 0.29) is 0 Å². The molecule has 70 valence electrons. The first-order valence-corrected chi connectivity index (χ1v) is 5.29. The summed E-state index contributed by atoms with van der Waals surface area (Å²) < 4.78 is 0. The maximum absolute atomic E-state index is 2.24. The molecule has 1 heteroatoms. The molecule has 2 aromatic rings. The van der Waals surface area contributed by atoms with E-state index >= 15 is 0 Å². The number of hydrogen-bond donors (Lipinski definition) is 0. The molecule has 15 heavy (non-hydrogen) atoms. The Bertz CT molecular complexity index is 526. The van der Waals surface area contributed by atoms with Gasteiger partial charge in [-0.05, 0) is 16.7 Å². The van der Waals surface area contributed by atoms with E-state index in [0.717, 1.165) is 7.28 Å². The maximum atomic E-state index is 2.24. The Morgan fingerprint density at radius 2 is 1.47 bits per heavy atom. The van der Waals surface area contributed by atoms with Crippen LogP contribution in [0.5, 0.6) is 0 Å². The molecule has 0 amide bonds. The predicted octanol–water partition coefficient (Wildman–Crippen LogP) is 2.40. The van der Waals surface area contributed by atoms with E-state index in [0.29, 0.717) is 0 Å². The summed E-state index contributed by atoms with van der Waals surface area (Å²) >= 11 is 0. The molecule has 3 rings (SSSR count). The third kappa shape index (κ3) is 1.40. The monoisotopic (exact) mass is 190 g/mol. The highest BCUT2D eigenvalue weighted by Crippen LogP contribution is 2.24. The molecule has 0 aromatic heterocycles. The summed E-state index contributed by atoms with van der Waals surface area (Å²) in [4.78, 5) is 0. The van der Waals surface area contributed by atoms with Gasteiger partial charge in [-0.15, -0.1) is 5.98 Å². The lowest BCUT2D eigenvalue weighted by Crippen LogP contribution is -2.13. The van der Waals surface area contributed by atoms with E-state index in [9.17, 15) is 0 Å². The van der Waals surface area contributed by atoms with Crippen LogP contribution < -0.4 is 5.46 Å². The molecular weight excluding hydrogens is 179 g/mol. The summed E-state index contributed by atoms with van der Waals surface area (Å²) in [7, 11) is 1.03. The molecule has 0 aliphatic carbocycles. The lowest BCUT2D eigenvalue weighted by molar-refractivity contribution is 1.62. The Kier molecular flexibility index (Phi) is 1.95. The van der Waals surface area contributed by atoms with E-state index in [4.69, 9.17) is 0 Å². The molecule has 1 heterocycles. The van der Waals surface area contributed by atoms with Gasteiger partial charge >= 0.3 is 0 Å². The SMILES string of the molecule is B1C=Cc2ccccc2-c2ccccc21. The summed E-state index contributed by atoms with van der Waals surface area (Å²) in [5, 5.41) is 0. The molecule has 0 unspecified atom stereocenters. The number of fused-ring (bicyclic) bond motifs is 3. The Morgan fingerprint density at radius 3 is 2.40 bits per heavy atom. The Balaban J connectivity index is 2.33. The van der Waals surface area contributed by atoms with Gasteiger partial charge in [0.05, 0.1) is 0 Å². The average molecular weight is 190 g/mol. The quantitative estimate of drug-likeness (QED) is 0.559. The van der Waals surface area contributed by atoms with Crippen LogP contribution in [0.1, 0.15) is 5.56 Å². The van der Waals surface area contributed by atoms with Crippen LogP contribution in [0.4, 0.5) is 0 Å². The normalized spacial score (nSPS) is 12.3. The van der Waals surface area contributed by atoms with Gasteiger partial charge in [-0.3, -0.25) is 0 Å². The van der Waals surface area contributed by atoms with E-state index < -0.39 is 0 Å². The molecule has 0 atom stereocenters. The largest absolute Gasteiger partial charge is 0.183 e. The van der Waals surface area contributed by atoms with Crippen molar-refractivity contribution in [3.05, 3.63) is 60.1 Å². The first-order chi connectivity index (χ1) is 7.45. The highest BCUT2D eigenvalue weighted by Gasteiger charge is 2.09. The summed E-state index contributed by atoms with van der Waals surface area (Å²) in [6.45, 7) is 0. The fraction of sp³-hybridized carbons (Fsp3) is 0. The minimum absolute atomic E-state index is 1.03. The van der Waals surface area contributed by atoms with E-state index in [1.165, 1.54) is 22.2 Å². The number of benzene rings is 2. The first-order valence-electron chi connectivity index (χ1n) is 5.29. The van der Waals surface area contributed by atoms with Gasteiger partial charge in [0, 0.05) is 0 Å². The van der Waals surface area contributed by atoms with Crippen LogP contribution in [0.15, 0.2) is 54.5 Å². The minimum atomic E-state index is 1.03. The average Bonchev–Trinajstić information content (AvgIpc) is 2.48. The predicted molar refractivity (Wildman–Crippen MR) is 67.7 cm³/mol. The molecule has 2 aromatic carbocycles. The first kappa shape index (κ1) is 8.54. The summed E-state index contributed by atoms with van der Waals surface area (Å²) in [6.07, 6.45) is 2.22. The van der Waals surface area contributed by atoms with Crippen molar-refractivity contribution in [2.24, 2.45) is 0 Å². The highest BCUT2D eigenvalue weighted by molar-refractivity contribution is 6.61. The molecule has 0 radical (unpaired) electrons. The van der Waals surface area contributed by atoms with Crippen LogP contribution in [0.3, 0.4) is 0 Å². The molecule has 0 nitrogen and oxygen atoms in total. The summed E-state index contributed by atoms with van der Waals surface area (Å²) in [6, 6.07) is 17.2. The summed E-state index contributed by atoms with van der Waals surface area (Å²) in [5.41, 5.74) is 5.46. The van der Waals surface area contributed by atoms with Gasteiger partial charge in [-0.25, -0.2) is 0 Å². The van der Waals surface area contributed by atoms with Crippen LogP contribution in [-0.4, -0.2) is 7.28 Å². The van der Waals surface area contributed by atoms with Crippen LogP contribution >= 0.6 is 0 Å². The molecular formula is C14H11B. The molecule has 0 N–H and O–H groups in total. The van der Waals surface area contributed by atoms with E-state index in [1.54, 1.807) is 0 Å². The van der Waals surface area contributed by atoms with Gasteiger partial charge in [0.15, 0.2) is 7.28 Å². The van der Waals surface area contributed by atoms with Crippen LogP contribution in [0, 0.1) is 0 Å². The number of rotatable bonds is 0. The Hall–Kier alpha value is -1.76. The maximum Gasteiger partial charge on any atom is 0.183 e. The van der Waals surface area contributed by atoms with Gasteiger partial charge in [0.2, 0.25) is 0 Å². The van der Waals surface area contributed by atoms with Crippen LogP contribution in [0.2, 0.25) is 0 Å². The minimum Gasteiger partial charge on any atom is -0.113 e. The lowest BCUT2D eigenvalue weighted by Gasteiger charge is -2.08. The Labute approximate surface area is 90.5 Å². The molecule has 0 spiro atoms. The van der Waals surface area contributed by atoms with Gasteiger partial charge in [-0.1, -0.05) is 60.1 Å². The van der Waals surface area contributed by atoms with Crippen molar-refractivity contribution < 1.29 is 0 Å². The molecule has 0 saturated heterocycles. The molecule has 0 bridgehead atoms. The molecule has 0 fully saturated rings. The highest BCUT2D eigenvalue weighted by atomic mass is 14.1. The standard InChI is InChI=1S/C14H11B/c1-2-6-12-11(5-1)9-10-15-14-8-4-3-7-13(12)14/h1-10,15H. The fourth-order valence-corrected chi connectivity index (χ4v) is 2.16. The second-order valence-electron chi connectivity index (χ2n) is 3.85. The van der Waals surface area contributed by atoms with E-state index in [2.05, 4.69) is 60.6 Å². The van der Waals surface area contributed by atoms with Crippen molar-refractivity contribution in [2.75, 3.05) is 0 Å². The van der Waals surface area contributed by atoms with Gasteiger partial charge < -0.3 is 0 Å². The van der Waals surface area contributed by atoms with Gasteiger partial charge in [0.25, 0.3) is 0 Å². The fourth-order valence-electron chi connectivity index (χ4n) is 2.16. The lowest BCUT2D eigenvalue weighted by atomic mass is 9.68. The van der Waals surface area contributed by atoms with Crippen molar-refractivity contribution in [3.63, 3.8) is 0 Å². The number of hydrogen-bond acceptors (Lipinski definition) is 0. The second kappa shape index (κ2) is 3.43. The van der Waals surface area contributed by atoms with Crippen molar-refractivity contribution in [1.29, 1.82) is 0 Å². The van der Waals surface area contributed by atoms with Crippen LogP contribution in [-0.2, 0) is 0 Å². The van der Waals surface area contributed by atoms with Crippen LogP contribution in [0.25, 0.3) is 17.2 Å². The van der Waals surface area contributed by atoms with Crippen molar-refractivity contribution >= 4 is 18.8 Å². The molecule has 1 aliphatic rings. The summed E-state index contributed by atoms with van der Waals surface area (Å²) in [5.74, 6) is 2.24. The third-order valence-electron chi connectivity index (χ3n) is 2.90. The van der Waals surface area contributed by atoms with Gasteiger partial charge in [0.1, 0.15) is 0 Å². The second-order valence-corrected chi connectivity index (χ2v) is 3.85. The van der Waals surface area contributed by atoms with E-state index in [1.807, 2.05) is 0 Å². The topological polar surface area (TPSA) is 0 Å². The molecule has 0 saturated carbocycles. The zero-order valence-electron chi connectivity index (χ0n) is 8.48. The van der Waals surface area contributed by atoms with Crippen molar-refractivity contribution in [2.45, 2.75) is 0 Å². The van der Waals surface area contributed by atoms with Crippen molar-refractivity contribution in [1.82, 2.24) is 0 Å². The third-order valence-corrected chi connectivity index (χ3v) is 2.90. The zero-order valence-corrected chi connectivity index (χ0v) is 8.48. The Morgan fingerprint density at radius 1 is 0.733 bits per heavy atom.